The van der Waals surface area contributed by atoms with Gasteiger partial charge in [-0.25, -0.2) is 0 Å². The van der Waals surface area contributed by atoms with Gasteiger partial charge in [-0.15, -0.1) is 0 Å². The zero-order valence-corrected chi connectivity index (χ0v) is 10.5. The van der Waals surface area contributed by atoms with Crippen molar-refractivity contribution in [3.63, 3.8) is 0 Å². The Morgan fingerprint density at radius 2 is 1.33 bits per heavy atom. The number of aliphatic hydroxyl groups is 2. The molecule has 1 fully saturated rings. The van der Waals surface area contributed by atoms with Gasteiger partial charge in [0.1, 0.15) is 0 Å². The van der Waals surface area contributed by atoms with E-state index >= 15 is 0 Å². The van der Waals surface area contributed by atoms with Crippen LogP contribution < -0.4 is 0 Å². The van der Waals surface area contributed by atoms with Crippen molar-refractivity contribution in [1.82, 2.24) is 0 Å². The lowest BCUT2D eigenvalue weighted by Crippen LogP contribution is -2.40. The molecule has 0 saturated carbocycles. The Hall–Kier alpha value is -0.970. The topological polar surface area (TPSA) is 57.5 Å². The zero-order chi connectivity index (χ0) is 12.4. The van der Waals surface area contributed by atoms with Gasteiger partial charge in [-0.3, -0.25) is 4.21 Å². The molecule has 2 N–H and O–H groups in total. The van der Waals surface area contributed by atoms with Gasteiger partial charge in [-0.05, 0) is 11.1 Å². The fourth-order valence-electron chi connectivity index (χ4n) is 3.86. The van der Waals surface area contributed by atoms with Gasteiger partial charge in [0, 0.05) is 22.6 Å². The summed E-state index contributed by atoms with van der Waals surface area (Å²) >= 11 is 0. The normalized spacial score (nSPS) is 48.0. The third-order valence-electron chi connectivity index (χ3n) is 4.55. The summed E-state index contributed by atoms with van der Waals surface area (Å²) in [6.45, 7) is 0. The average molecular weight is 262 g/mol. The first kappa shape index (κ1) is 10.9. The maximum absolute atomic E-state index is 12.5. The van der Waals surface area contributed by atoms with E-state index in [0.717, 1.165) is 11.1 Å². The van der Waals surface area contributed by atoms with E-state index in [1.165, 1.54) is 0 Å². The molecular formula is C14H14O3S. The first-order chi connectivity index (χ1) is 8.70. The average Bonchev–Trinajstić information content (AvgIpc) is 2.84. The summed E-state index contributed by atoms with van der Waals surface area (Å²) < 4.78 is 12.5. The van der Waals surface area contributed by atoms with Crippen LogP contribution >= 0.6 is 0 Å². The van der Waals surface area contributed by atoms with Crippen LogP contribution in [0, 0.1) is 11.8 Å². The molecule has 0 aromatic heterocycles. The highest BCUT2D eigenvalue weighted by molar-refractivity contribution is 7.86. The molecule has 1 aromatic rings. The molecule has 18 heavy (non-hydrogen) atoms. The number of aliphatic hydroxyl groups excluding tert-OH is 2. The van der Waals surface area contributed by atoms with E-state index < -0.39 is 23.0 Å². The van der Waals surface area contributed by atoms with E-state index in [0.29, 0.717) is 0 Å². The van der Waals surface area contributed by atoms with Crippen LogP contribution in [0.2, 0.25) is 0 Å². The van der Waals surface area contributed by atoms with Crippen molar-refractivity contribution >= 4 is 10.8 Å². The van der Waals surface area contributed by atoms with Crippen molar-refractivity contribution in [2.75, 3.05) is 0 Å². The number of hydrogen-bond donors (Lipinski definition) is 2. The van der Waals surface area contributed by atoms with Crippen LogP contribution in [0.15, 0.2) is 36.4 Å². The van der Waals surface area contributed by atoms with Crippen LogP contribution in [0.3, 0.4) is 0 Å². The fourth-order valence-corrected chi connectivity index (χ4v) is 6.41. The first-order valence-electron chi connectivity index (χ1n) is 6.23. The Labute approximate surface area is 108 Å². The summed E-state index contributed by atoms with van der Waals surface area (Å²) in [6.07, 6.45) is 2.11. The first-order valence-corrected chi connectivity index (χ1v) is 7.50. The minimum absolute atomic E-state index is 0.106. The molecule has 0 radical (unpaired) electrons. The van der Waals surface area contributed by atoms with Crippen molar-refractivity contribution in [2.24, 2.45) is 11.8 Å². The summed E-state index contributed by atoms with van der Waals surface area (Å²) in [4.78, 5) is 0. The molecule has 0 amide bonds. The second-order valence-electron chi connectivity index (χ2n) is 5.32. The summed E-state index contributed by atoms with van der Waals surface area (Å²) in [7, 11) is -1.02. The van der Waals surface area contributed by atoms with Gasteiger partial charge in [0.05, 0.1) is 22.7 Å². The largest absolute Gasteiger partial charge is 0.389 e. The molecule has 4 rings (SSSR count). The predicted molar refractivity (Wildman–Crippen MR) is 68.2 cm³/mol. The molecule has 3 aliphatic rings. The van der Waals surface area contributed by atoms with Gasteiger partial charge in [0.2, 0.25) is 0 Å². The van der Waals surface area contributed by atoms with Crippen molar-refractivity contribution in [1.29, 1.82) is 0 Å². The van der Waals surface area contributed by atoms with Crippen molar-refractivity contribution in [3.8, 4) is 0 Å². The number of fused-ring (bicyclic) bond motifs is 8. The van der Waals surface area contributed by atoms with Crippen molar-refractivity contribution < 1.29 is 14.4 Å². The van der Waals surface area contributed by atoms with Crippen molar-refractivity contribution in [2.45, 2.75) is 22.7 Å². The Kier molecular flexibility index (Phi) is 2.14. The summed E-state index contributed by atoms with van der Waals surface area (Å²) in [5.74, 6) is -0.212. The standard InChI is InChI=1S/C14H14O3S/c15-9-5-6-10(16)12-11(9)13-7-3-1-2-4-8(7)14(12)18(13)17/h1-6,9-16H/t9-,10+,11-,12+,13-,14+,18?. The molecule has 1 aliphatic carbocycles. The van der Waals surface area contributed by atoms with Gasteiger partial charge in [0.15, 0.2) is 0 Å². The highest BCUT2D eigenvalue weighted by Gasteiger charge is 2.60. The van der Waals surface area contributed by atoms with Crippen LogP contribution in [0.1, 0.15) is 21.6 Å². The highest BCUT2D eigenvalue weighted by atomic mass is 32.2. The van der Waals surface area contributed by atoms with Gasteiger partial charge in [-0.2, -0.15) is 0 Å². The van der Waals surface area contributed by atoms with Crippen molar-refractivity contribution in [3.05, 3.63) is 47.5 Å². The molecule has 3 nitrogen and oxygen atoms in total. The Balaban J connectivity index is 1.92. The molecule has 0 spiro atoms. The lowest BCUT2D eigenvalue weighted by atomic mass is 9.68. The quantitative estimate of drug-likeness (QED) is 0.688. The zero-order valence-electron chi connectivity index (χ0n) is 9.64. The van der Waals surface area contributed by atoms with Crippen LogP contribution in [0.4, 0.5) is 0 Å². The number of hydrogen-bond acceptors (Lipinski definition) is 3. The summed E-state index contributed by atoms with van der Waals surface area (Å²) in [5.41, 5.74) is 2.20. The maximum Gasteiger partial charge on any atom is 0.0769 e. The lowest BCUT2D eigenvalue weighted by molar-refractivity contribution is 0.0340. The SMILES string of the molecule is O=S1[C@@H]2c3ccccc3[C@H]1[C@@H]1[C@H]2[C@H](O)C=C[C@@H]1O. The Morgan fingerprint density at radius 1 is 0.889 bits per heavy atom. The third kappa shape index (κ3) is 1.14. The Morgan fingerprint density at radius 3 is 1.78 bits per heavy atom. The molecule has 4 heteroatoms. The van der Waals surface area contributed by atoms with E-state index in [1.807, 2.05) is 24.3 Å². The minimum atomic E-state index is -1.02. The van der Waals surface area contributed by atoms with Gasteiger partial charge in [-0.1, -0.05) is 36.4 Å². The molecule has 1 aromatic carbocycles. The number of rotatable bonds is 0. The van der Waals surface area contributed by atoms with Gasteiger partial charge >= 0.3 is 0 Å². The predicted octanol–water partition coefficient (Wildman–Crippen LogP) is 1.07. The molecule has 2 heterocycles. The van der Waals surface area contributed by atoms with E-state index in [4.69, 9.17) is 0 Å². The van der Waals surface area contributed by atoms with Crippen LogP contribution in [-0.4, -0.2) is 26.6 Å². The minimum Gasteiger partial charge on any atom is -0.389 e. The monoisotopic (exact) mass is 262 g/mol. The second kappa shape index (κ2) is 3.53. The van der Waals surface area contributed by atoms with E-state index in [2.05, 4.69) is 0 Å². The molecule has 1 saturated heterocycles. The molecule has 2 aliphatic heterocycles. The lowest BCUT2D eigenvalue weighted by Gasteiger charge is -2.37. The van der Waals surface area contributed by atoms with Crippen LogP contribution in [-0.2, 0) is 10.8 Å². The smallest absolute Gasteiger partial charge is 0.0769 e. The number of benzene rings is 1. The van der Waals surface area contributed by atoms with E-state index in [1.54, 1.807) is 12.2 Å². The Bertz CT molecular complexity index is 521. The third-order valence-corrected chi connectivity index (χ3v) is 6.68. The van der Waals surface area contributed by atoms with E-state index in [-0.39, 0.29) is 22.3 Å². The molecular weight excluding hydrogens is 248 g/mol. The molecule has 2 bridgehead atoms. The van der Waals surface area contributed by atoms with Crippen LogP contribution in [0.25, 0.3) is 0 Å². The highest BCUT2D eigenvalue weighted by Crippen LogP contribution is 2.62. The van der Waals surface area contributed by atoms with Gasteiger partial charge in [0.25, 0.3) is 0 Å². The maximum atomic E-state index is 12.5. The molecule has 1 unspecified atom stereocenters. The van der Waals surface area contributed by atoms with Crippen LogP contribution in [0.5, 0.6) is 0 Å². The van der Waals surface area contributed by atoms with E-state index in [9.17, 15) is 14.4 Å². The summed E-state index contributed by atoms with van der Waals surface area (Å²) in [6, 6.07) is 7.91. The molecule has 94 valence electrons. The second-order valence-corrected chi connectivity index (χ2v) is 6.99. The van der Waals surface area contributed by atoms with Gasteiger partial charge < -0.3 is 10.2 Å². The molecule has 7 atom stereocenters. The fraction of sp³-hybridized carbons (Fsp3) is 0.429. The summed E-state index contributed by atoms with van der Waals surface area (Å²) in [5, 5.41) is 20.0.